The second-order valence-electron chi connectivity index (χ2n) is 5.18. The van der Waals surface area contributed by atoms with Crippen LogP contribution in [0.1, 0.15) is 6.23 Å². The number of ether oxygens (including phenoxy) is 4. The Bertz CT molecular complexity index is 742. The molecule has 0 saturated carbocycles. The number of methoxy groups -OCH3 is 1. The fourth-order valence-electron chi connectivity index (χ4n) is 2.89. The molecule has 10 nitrogen and oxygen atoms in total. The first kappa shape index (κ1) is 15.0. The Morgan fingerprint density at radius 1 is 1.35 bits per heavy atom. The number of aromatic nitrogens is 4. The molecule has 2 unspecified atom stereocenters. The molecule has 0 radical (unpaired) electrons. The molecule has 2 aliphatic heterocycles. The van der Waals surface area contributed by atoms with Gasteiger partial charge in [-0.25, -0.2) is 4.98 Å². The van der Waals surface area contributed by atoms with E-state index >= 15 is 0 Å². The van der Waals surface area contributed by atoms with Crippen LogP contribution in [0.4, 0.5) is 5.82 Å². The Morgan fingerprint density at radius 2 is 2.13 bits per heavy atom. The van der Waals surface area contributed by atoms with Gasteiger partial charge in [0, 0.05) is 7.11 Å². The van der Waals surface area contributed by atoms with E-state index in [1.165, 1.54) is 13.4 Å². The zero-order valence-corrected chi connectivity index (χ0v) is 12.8. The van der Waals surface area contributed by atoms with Crippen molar-refractivity contribution in [2.24, 2.45) is 0 Å². The topological polar surface area (TPSA) is 127 Å². The number of nitrogens with two attached hydrogens (primary N) is 1. The van der Waals surface area contributed by atoms with Crippen molar-refractivity contribution >= 4 is 28.6 Å². The van der Waals surface area contributed by atoms with E-state index in [9.17, 15) is 5.11 Å². The first-order valence-corrected chi connectivity index (χ1v) is 7.25. The number of hydrogen-bond acceptors (Lipinski definition) is 9. The van der Waals surface area contributed by atoms with Gasteiger partial charge < -0.3 is 29.8 Å². The Labute approximate surface area is 135 Å². The highest BCUT2D eigenvalue weighted by molar-refractivity contribution is 6.28. The third-order valence-corrected chi connectivity index (χ3v) is 4.06. The maximum atomic E-state index is 9.50. The zero-order chi connectivity index (χ0) is 16.1. The summed E-state index contributed by atoms with van der Waals surface area (Å²) in [4.78, 5) is 12.2. The molecule has 0 bridgehead atoms. The molecule has 3 N–H and O–H groups in total. The predicted octanol–water partition coefficient (Wildman–Crippen LogP) is -0.334. The number of fused-ring (bicyclic) bond motifs is 2. The maximum absolute atomic E-state index is 9.50. The molecule has 23 heavy (non-hydrogen) atoms. The molecule has 2 aromatic rings. The average molecular weight is 344 g/mol. The van der Waals surface area contributed by atoms with Crippen molar-refractivity contribution in [2.75, 3.05) is 19.5 Å². The third-order valence-electron chi connectivity index (χ3n) is 3.89. The molecule has 124 valence electrons. The smallest absolute Gasteiger partial charge is 0.272 e. The molecule has 11 heteroatoms. The monoisotopic (exact) mass is 343 g/mol. The number of rotatable bonds is 3. The van der Waals surface area contributed by atoms with Gasteiger partial charge in [-0.2, -0.15) is 9.97 Å². The zero-order valence-electron chi connectivity index (χ0n) is 12.0. The lowest BCUT2D eigenvalue weighted by Gasteiger charge is -2.19. The van der Waals surface area contributed by atoms with Gasteiger partial charge in [0.1, 0.15) is 23.8 Å². The lowest BCUT2D eigenvalue weighted by Crippen LogP contribution is -2.31. The van der Waals surface area contributed by atoms with Crippen LogP contribution >= 0.6 is 11.6 Å². The van der Waals surface area contributed by atoms with E-state index < -0.39 is 31.0 Å². The first-order valence-electron chi connectivity index (χ1n) is 6.88. The van der Waals surface area contributed by atoms with Crippen LogP contribution in [0, 0.1) is 0 Å². The first-order chi connectivity index (χ1) is 11.1. The Kier molecular flexibility index (Phi) is 3.59. The highest BCUT2D eigenvalue weighted by Gasteiger charge is 2.53. The summed E-state index contributed by atoms with van der Waals surface area (Å²) >= 11 is 5.87. The van der Waals surface area contributed by atoms with Gasteiger partial charge in [-0.05, 0) is 11.6 Å². The molecule has 4 rings (SSSR count). The minimum Gasteiger partial charge on any atom is -0.394 e. The molecule has 0 aliphatic carbocycles. The Morgan fingerprint density at radius 3 is 2.87 bits per heavy atom. The van der Waals surface area contributed by atoms with Gasteiger partial charge in [-0.15, -0.1) is 0 Å². The van der Waals surface area contributed by atoms with E-state index in [0.717, 1.165) is 0 Å². The van der Waals surface area contributed by atoms with E-state index in [0.29, 0.717) is 11.2 Å². The molecule has 2 fully saturated rings. The van der Waals surface area contributed by atoms with Crippen molar-refractivity contribution in [3.63, 3.8) is 0 Å². The standard InChI is InChI=1S/C12H14ClN5O5/c1-20-12-22-6-4(2-19)21-10(7(6)23-12)18-3-15-5-8(14)16-11(13)17-9(5)18/h3-4,6-7,10,12,19H,2H2,1H3,(H2,14,16,17)/t4-,6?,7+,10-,12?/m1/s1. The molecule has 0 aromatic carbocycles. The minimum atomic E-state index is -0.816. The van der Waals surface area contributed by atoms with E-state index in [4.69, 9.17) is 36.3 Å². The molecule has 0 amide bonds. The van der Waals surface area contributed by atoms with Crippen LogP contribution in [-0.4, -0.2) is 63.1 Å². The number of nitrogens with zero attached hydrogens (tertiary/aromatic N) is 4. The normalized spacial score (nSPS) is 33.4. The van der Waals surface area contributed by atoms with Gasteiger partial charge in [0.05, 0.1) is 12.9 Å². The summed E-state index contributed by atoms with van der Waals surface area (Å²) in [5.74, 6) is 0.172. The van der Waals surface area contributed by atoms with Gasteiger partial charge in [0.25, 0.3) is 6.48 Å². The average Bonchev–Trinajstić information content (AvgIpc) is 3.19. The molecule has 2 saturated heterocycles. The molecule has 2 aromatic heterocycles. The number of anilines is 1. The summed E-state index contributed by atoms with van der Waals surface area (Å²) in [6.45, 7) is -1.04. The van der Waals surface area contributed by atoms with Gasteiger partial charge in [-0.1, -0.05) is 0 Å². The Balaban J connectivity index is 1.75. The van der Waals surface area contributed by atoms with Crippen molar-refractivity contribution in [1.29, 1.82) is 0 Å². The SMILES string of the molecule is COC1OC2[C@@H](CO)O[C@@H](n3cnc4c(N)nc(Cl)nc43)[C@H]2O1. The predicted molar refractivity (Wildman–Crippen MR) is 76.3 cm³/mol. The van der Waals surface area contributed by atoms with Gasteiger partial charge >= 0.3 is 0 Å². The molecule has 5 atom stereocenters. The van der Waals surface area contributed by atoms with Crippen molar-refractivity contribution in [1.82, 2.24) is 19.5 Å². The van der Waals surface area contributed by atoms with Gasteiger partial charge in [0.2, 0.25) is 5.28 Å². The van der Waals surface area contributed by atoms with E-state index in [1.807, 2.05) is 0 Å². The second-order valence-corrected chi connectivity index (χ2v) is 5.51. The molecule has 4 heterocycles. The number of nitrogen functional groups attached to an aromatic ring is 1. The maximum Gasteiger partial charge on any atom is 0.272 e. The second kappa shape index (κ2) is 5.51. The fourth-order valence-corrected chi connectivity index (χ4v) is 3.06. The van der Waals surface area contributed by atoms with Crippen LogP contribution in [0.2, 0.25) is 5.28 Å². The largest absolute Gasteiger partial charge is 0.394 e. The summed E-state index contributed by atoms with van der Waals surface area (Å²) in [5, 5.41) is 9.50. The number of aliphatic hydroxyl groups excluding tert-OH is 1. The van der Waals surface area contributed by atoms with Gasteiger partial charge in [0.15, 0.2) is 17.7 Å². The lowest BCUT2D eigenvalue weighted by atomic mass is 10.1. The summed E-state index contributed by atoms with van der Waals surface area (Å²) in [6, 6.07) is 0. The van der Waals surface area contributed by atoms with Crippen LogP contribution in [0.15, 0.2) is 6.33 Å². The van der Waals surface area contributed by atoms with Crippen LogP contribution in [-0.2, 0) is 18.9 Å². The molecule has 0 spiro atoms. The van der Waals surface area contributed by atoms with Crippen LogP contribution in [0.5, 0.6) is 0 Å². The van der Waals surface area contributed by atoms with Crippen molar-refractivity contribution in [3.05, 3.63) is 11.6 Å². The minimum absolute atomic E-state index is 0.00311. The number of aliphatic hydroxyl groups is 1. The van der Waals surface area contributed by atoms with Gasteiger partial charge in [-0.3, -0.25) is 4.57 Å². The van der Waals surface area contributed by atoms with Crippen molar-refractivity contribution < 1.29 is 24.1 Å². The van der Waals surface area contributed by atoms with E-state index in [1.54, 1.807) is 4.57 Å². The summed E-state index contributed by atoms with van der Waals surface area (Å²) < 4.78 is 23.8. The highest BCUT2D eigenvalue weighted by Crippen LogP contribution is 2.40. The quantitative estimate of drug-likeness (QED) is 0.720. The molecular formula is C12H14ClN5O5. The third kappa shape index (κ3) is 2.26. The Hall–Kier alpha value is -1.56. The summed E-state index contributed by atoms with van der Waals surface area (Å²) in [7, 11) is 1.47. The summed E-state index contributed by atoms with van der Waals surface area (Å²) in [6.07, 6.45) is -0.631. The molecular weight excluding hydrogens is 330 g/mol. The van der Waals surface area contributed by atoms with Crippen molar-refractivity contribution in [3.8, 4) is 0 Å². The summed E-state index contributed by atoms with van der Waals surface area (Å²) in [5.41, 5.74) is 6.62. The van der Waals surface area contributed by atoms with Crippen LogP contribution in [0.3, 0.4) is 0 Å². The van der Waals surface area contributed by atoms with Crippen LogP contribution in [0.25, 0.3) is 11.2 Å². The molecule has 2 aliphatic rings. The van der Waals surface area contributed by atoms with Crippen molar-refractivity contribution in [2.45, 2.75) is 31.0 Å². The lowest BCUT2D eigenvalue weighted by molar-refractivity contribution is -0.256. The van der Waals surface area contributed by atoms with Crippen LogP contribution < -0.4 is 5.73 Å². The van der Waals surface area contributed by atoms with E-state index in [2.05, 4.69) is 15.0 Å². The number of hydrogen-bond donors (Lipinski definition) is 2. The number of halogens is 1. The number of imidazole rings is 1. The van der Waals surface area contributed by atoms with E-state index in [-0.39, 0.29) is 17.7 Å². The highest BCUT2D eigenvalue weighted by atomic mass is 35.5. The fraction of sp³-hybridized carbons (Fsp3) is 0.583.